The maximum absolute atomic E-state index is 13.2. The number of ketones is 1. The average Bonchev–Trinajstić information content (AvgIpc) is 2.77. The van der Waals surface area contributed by atoms with Crippen molar-refractivity contribution in [2.24, 2.45) is 0 Å². The van der Waals surface area contributed by atoms with Crippen LogP contribution in [0.25, 0.3) is 10.8 Å². The number of aromatic carboxylic acids is 2. The number of hydrogen-bond donors (Lipinski definition) is 4. The lowest BCUT2D eigenvalue weighted by Gasteiger charge is -2.15. The van der Waals surface area contributed by atoms with Gasteiger partial charge in [-0.15, -0.1) is 0 Å². The normalized spacial score (nSPS) is 10.4. The van der Waals surface area contributed by atoms with Crippen LogP contribution in [-0.2, 0) is 4.79 Å². The third-order valence-corrected chi connectivity index (χ3v) is 4.88. The van der Waals surface area contributed by atoms with Gasteiger partial charge in [-0.2, -0.15) is 0 Å². The Morgan fingerprint density at radius 2 is 1.48 bits per heavy atom. The zero-order valence-corrected chi connectivity index (χ0v) is 17.5. The third kappa shape index (κ3) is 4.49. The van der Waals surface area contributed by atoms with Crippen LogP contribution in [0.15, 0.2) is 42.5 Å². The molecule has 0 unspecified atom stereocenters. The fourth-order valence-corrected chi connectivity index (χ4v) is 3.44. The van der Waals surface area contributed by atoms with Crippen molar-refractivity contribution in [3.8, 4) is 5.75 Å². The molecule has 0 aliphatic carbocycles. The van der Waals surface area contributed by atoms with Gasteiger partial charge in [-0.1, -0.05) is 0 Å². The summed E-state index contributed by atoms with van der Waals surface area (Å²) >= 11 is 0. The predicted octanol–water partition coefficient (Wildman–Crippen LogP) is 3.27. The van der Waals surface area contributed by atoms with Gasteiger partial charge in [0.2, 0.25) is 0 Å². The molecular formula is C23H18N2O8. The summed E-state index contributed by atoms with van der Waals surface area (Å²) in [6.07, 6.45) is 0. The molecule has 0 bridgehead atoms. The molecule has 10 heteroatoms. The van der Waals surface area contributed by atoms with E-state index in [0.717, 1.165) is 6.07 Å². The molecule has 10 nitrogen and oxygen atoms in total. The quantitative estimate of drug-likeness (QED) is 0.298. The van der Waals surface area contributed by atoms with E-state index in [2.05, 4.69) is 10.6 Å². The van der Waals surface area contributed by atoms with Crippen LogP contribution >= 0.6 is 0 Å². The summed E-state index contributed by atoms with van der Waals surface area (Å²) < 4.78 is 4.94. The van der Waals surface area contributed by atoms with E-state index in [1.165, 1.54) is 43.3 Å². The topological polar surface area (TPSA) is 159 Å². The molecule has 0 saturated heterocycles. The van der Waals surface area contributed by atoms with Gasteiger partial charge in [-0.25, -0.2) is 9.59 Å². The molecule has 3 aromatic rings. The van der Waals surface area contributed by atoms with Gasteiger partial charge in [-0.05, 0) is 49.4 Å². The van der Waals surface area contributed by atoms with Crippen LogP contribution in [0, 0.1) is 0 Å². The highest BCUT2D eigenvalue weighted by atomic mass is 16.5. The van der Waals surface area contributed by atoms with Crippen molar-refractivity contribution in [3.63, 3.8) is 0 Å². The number of ether oxygens (including phenoxy) is 1. The molecule has 3 aromatic carbocycles. The molecule has 0 heterocycles. The minimum Gasteiger partial charge on any atom is -0.478 e. The highest BCUT2D eigenvalue weighted by Gasteiger charge is 2.23. The number of nitrogens with one attached hydrogen (secondary N) is 2. The first kappa shape index (κ1) is 22.9. The Bertz CT molecular complexity index is 1330. The maximum atomic E-state index is 13.2. The van der Waals surface area contributed by atoms with Crippen LogP contribution < -0.4 is 15.4 Å². The highest BCUT2D eigenvalue weighted by Crippen LogP contribution is 2.35. The van der Waals surface area contributed by atoms with Crippen molar-refractivity contribution < 1.29 is 38.9 Å². The highest BCUT2D eigenvalue weighted by molar-refractivity contribution is 6.23. The lowest BCUT2D eigenvalue weighted by atomic mass is 9.92. The lowest BCUT2D eigenvalue weighted by Crippen LogP contribution is -2.15. The number of Topliss-reactive ketones (excluding diaryl/α,β-unsaturated/α-hetero) is 1. The lowest BCUT2D eigenvalue weighted by molar-refractivity contribution is -0.120. The van der Waals surface area contributed by atoms with Gasteiger partial charge in [0.15, 0.2) is 5.78 Å². The Morgan fingerprint density at radius 3 is 2.06 bits per heavy atom. The van der Waals surface area contributed by atoms with E-state index >= 15 is 0 Å². The van der Waals surface area contributed by atoms with Crippen molar-refractivity contribution in [2.75, 3.05) is 17.7 Å². The second kappa shape index (κ2) is 9.18. The summed E-state index contributed by atoms with van der Waals surface area (Å²) in [5.74, 6) is -3.85. The van der Waals surface area contributed by atoms with E-state index in [4.69, 9.17) is 4.74 Å². The first-order valence-corrected chi connectivity index (χ1v) is 9.49. The number of benzene rings is 3. The molecule has 0 aliphatic rings. The largest absolute Gasteiger partial charge is 0.478 e. The zero-order valence-electron chi connectivity index (χ0n) is 17.5. The van der Waals surface area contributed by atoms with E-state index in [-0.39, 0.29) is 50.9 Å². The second-order valence-electron chi connectivity index (χ2n) is 6.91. The fraction of sp³-hybridized carbons (Fsp3) is 0.0870. The van der Waals surface area contributed by atoms with Crippen LogP contribution in [0.1, 0.15) is 48.4 Å². The molecule has 3 rings (SSSR count). The number of carbonyl (C=O) groups excluding carboxylic acids is 3. The van der Waals surface area contributed by atoms with Gasteiger partial charge in [-0.3, -0.25) is 14.4 Å². The molecule has 0 atom stereocenters. The SMILES string of the molecule is CNc1cc(NC(=O)c2ccc(C(C)=O)c3c(OC=O)ccc(C(=O)O)c23)cc(C(=O)O)c1. The number of fused-ring (bicyclic) bond motifs is 1. The number of carbonyl (C=O) groups is 5. The molecule has 168 valence electrons. The zero-order chi connectivity index (χ0) is 24.3. The van der Waals surface area contributed by atoms with E-state index < -0.39 is 23.6 Å². The number of hydrogen-bond acceptors (Lipinski definition) is 7. The van der Waals surface area contributed by atoms with Crippen LogP contribution in [-0.4, -0.2) is 47.4 Å². The Hall–Kier alpha value is -4.73. The van der Waals surface area contributed by atoms with Gasteiger partial charge < -0.3 is 25.6 Å². The first-order chi connectivity index (χ1) is 15.7. The third-order valence-electron chi connectivity index (χ3n) is 4.88. The van der Waals surface area contributed by atoms with Gasteiger partial charge in [0.1, 0.15) is 5.75 Å². The molecule has 0 fully saturated rings. The fourth-order valence-electron chi connectivity index (χ4n) is 3.44. The Balaban J connectivity index is 2.25. The first-order valence-electron chi connectivity index (χ1n) is 9.49. The van der Waals surface area contributed by atoms with Crippen molar-refractivity contribution in [1.82, 2.24) is 0 Å². The van der Waals surface area contributed by atoms with Crippen LogP contribution in [0.5, 0.6) is 5.75 Å². The average molecular weight is 450 g/mol. The van der Waals surface area contributed by atoms with Crippen LogP contribution in [0.4, 0.5) is 11.4 Å². The number of anilines is 2. The van der Waals surface area contributed by atoms with E-state index in [1.807, 2.05) is 0 Å². The van der Waals surface area contributed by atoms with Crippen LogP contribution in [0.3, 0.4) is 0 Å². The second-order valence-corrected chi connectivity index (χ2v) is 6.91. The molecule has 0 spiro atoms. The van der Waals surface area contributed by atoms with Crippen molar-refractivity contribution >= 4 is 52.2 Å². The number of rotatable bonds is 8. The summed E-state index contributed by atoms with van der Waals surface area (Å²) in [4.78, 5) is 59.6. The minimum atomic E-state index is -1.36. The monoisotopic (exact) mass is 450 g/mol. The maximum Gasteiger partial charge on any atom is 0.336 e. The van der Waals surface area contributed by atoms with Crippen LogP contribution in [0.2, 0.25) is 0 Å². The number of carboxylic acids is 2. The van der Waals surface area contributed by atoms with E-state index in [1.54, 1.807) is 7.05 Å². The smallest absolute Gasteiger partial charge is 0.336 e. The van der Waals surface area contributed by atoms with Crippen molar-refractivity contribution in [1.29, 1.82) is 0 Å². The molecule has 4 N–H and O–H groups in total. The number of carboxylic acid groups (broad SMARTS) is 2. The molecule has 0 aromatic heterocycles. The van der Waals surface area contributed by atoms with Gasteiger partial charge >= 0.3 is 11.9 Å². The molecule has 1 amide bonds. The van der Waals surface area contributed by atoms with E-state index in [9.17, 15) is 34.2 Å². The predicted molar refractivity (Wildman–Crippen MR) is 119 cm³/mol. The van der Waals surface area contributed by atoms with Crippen molar-refractivity contribution in [3.05, 3.63) is 64.7 Å². The summed E-state index contributed by atoms with van der Waals surface area (Å²) in [5.41, 5.74) is 0.149. The van der Waals surface area contributed by atoms with Gasteiger partial charge in [0.05, 0.1) is 11.1 Å². The summed E-state index contributed by atoms with van der Waals surface area (Å²) in [6, 6.07) is 9.11. The standard InChI is InChI=1S/C23H18N2O8/c1-11(27)15-3-4-16(19-17(23(31)32)5-6-18(20(15)19)33-10-26)21(28)25-14-8-12(22(29)30)7-13(9-14)24-2/h3-10,24H,1-2H3,(H,25,28)(H,29,30)(H,31,32). The molecule has 0 radical (unpaired) electrons. The molecule has 33 heavy (non-hydrogen) atoms. The molecule has 0 aliphatic heterocycles. The Kier molecular flexibility index (Phi) is 6.38. The number of amides is 1. The molecular weight excluding hydrogens is 432 g/mol. The molecule has 0 saturated carbocycles. The van der Waals surface area contributed by atoms with E-state index in [0.29, 0.717) is 5.69 Å². The van der Waals surface area contributed by atoms with Crippen molar-refractivity contribution in [2.45, 2.75) is 6.92 Å². The van der Waals surface area contributed by atoms with Gasteiger partial charge in [0, 0.05) is 40.3 Å². The summed E-state index contributed by atoms with van der Waals surface area (Å²) in [5, 5.41) is 24.2. The van der Waals surface area contributed by atoms with Gasteiger partial charge in [0.25, 0.3) is 12.4 Å². The Morgan fingerprint density at radius 1 is 0.848 bits per heavy atom. The minimum absolute atomic E-state index is 0.00245. The Labute approximate surface area is 186 Å². The summed E-state index contributed by atoms with van der Waals surface area (Å²) in [7, 11) is 1.58. The summed E-state index contributed by atoms with van der Waals surface area (Å²) in [6.45, 7) is 1.38.